The fourth-order valence-electron chi connectivity index (χ4n) is 9.20. The van der Waals surface area contributed by atoms with Gasteiger partial charge in [-0.1, -0.05) is 62.2 Å². The summed E-state index contributed by atoms with van der Waals surface area (Å²) in [6, 6.07) is 3.26. The lowest BCUT2D eigenvalue weighted by Gasteiger charge is -2.48. The van der Waals surface area contributed by atoms with Gasteiger partial charge in [0.15, 0.2) is 0 Å². The molecule has 5 atom stereocenters. The minimum Gasteiger partial charge on any atom is -0.465 e. The minimum absolute atomic E-state index is 0.0371. The van der Waals surface area contributed by atoms with Gasteiger partial charge in [0.2, 0.25) is 0 Å². The Labute approximate surface area is 399 Å². The van der Waals surface area contributed by atoms with E-state index in [1.165, 1.54) is 49.7 Å². The van der Waals surface area contributed by atoms with Gasteiger partial charge in [0.1, 0.15) is 21.0 Å². The Bertz CT molecular complexity index is 2150. The van der Waals surface area contributed by atoms with Crippen LogP contribution in [0.25, 0.3) is 0 Å². The summed E-state index contributed by atoms with van der Waals surface area (Å²) in [5, 5.41) is 29.0. The summed E-state index contributed by atoms with van der Waals surface area (Å²) in [6.45, 7) is 15.5. The molecule has 66 heavy (non-hydrogen) atoms. The van der Waals surface area contributed by atoms with E-state index in [-0.39, 0.29) is 60.1 Å². The molecule has 3 N–H and O–H groups in total. The molecule has 4 fully saturated rings. The Morgan fingerprint density at radius 2 is 1.12 bits per heavy atom. The Balaban J connectivity index is 0.000000248. The molecule has 2 saturated heterocycles. The Morgan fingerprint density at radius 3 is 1.48 bits per heavy atom. The first kappa shape index (κ1) is 53.2. The lowest BCUT2D eigenvalue weighted by molar-refractivity contribution is -0.158. The molecule has 0 aromatic carbocycles. The molecule has 0 radical (unpaired) electrons. The number of nitrogens with zero attached hydrogens (tertiary/aromatic N) is 2. The van der Waals surface area contributed by atoms with Crippen LogP contribution in [0, 0.1) is 46.3 Å². The number of esters is 2. The number of carbonyl (C=O) groups is 4. The van der Waals surface area contributed by atoms with Crippen molar-refractivity contribution in [3.8, 4) is 23.7 Å². The number of hydrogen-bond donors (Lipinski definition) is 3. The number of methoxy groups -OCH3 is 2. The van der Waals surface area contributed by atoms with Crippen LogP contribution in [0.5, 0.6) is 0 Å². The first-order chi connectivity index (χ1) is 31.1. The maximum absolute atomic E-state index is 14.0. The van der Waals surface area contributed by atoms with Crippen molar-refractivity contribution in [1.82, 2.24) is 0 Å². The van der Waals surface area contributed by atoms with Crippen molar-refractivity contribution in [3.63, 3.8) is 0 Å². The number of aliphatic hydroxyl groups is 3. The van der Waals surface area contributed by atoms with Gasteiger partial charge in [0.25, 0.3) is 11.8 Å². The van der Waals surface area contributed by atoms with Gasteiger partial charge in [-0.05, 0) is 105 Å². The van der Waals surface area contributed by atoms with Gasteiger partial charge >= 0.3 is 11.9 Å². The molecule has 15 heteroatoms. The van der Waals surface area contributed by atoms with Gasteiger partial charge < -0.3 is 44.1 Å². The predicted molar refractivity (Wildman–Crippen MR) is 258 cm³/mol. The van der Waals surface area contributed by atoms with Crippen LogP contribution in [-0.4, -0.2) is 109 Å². The molecule has 0 bridgehead atoms. The van der Waals surface area contributed by atoms with Crippen LogP contribution < -0.4 is 9.80 Å². The highest BCUT2D eigenvalue weighted by molar-refractivity contribution is 7.15. The first-order valence-corrected chi connectivity index (χ1v) is 25.1. The van der Waals surface area contributed by atoms with Crippen molar-refractivity contribution in [2.75, 3.05) is 50.4 Å². The van der Waals surface area contributed by atoms with E-state index in [9.17, 15) is 34.5 Å². The van der Waals surface area contributed by atoms with E-state index in [0.717, 1.165) is 56.2 Å². The molecule has 13 nitrogen and oxygen atoms in total. The highest BCUT2D eigenvalue weighted by Crippen LogP contribution is 2.44. The number of amides is 2. The van der Waals surface area contributed by atoms with Gasteiger partial charge in [-0.3, -0.25) is 9.59 Å². The summed E-state index contributed by atoms with van der Waals surface area (Å²) in [5.41, 5.74) is -1.81. The standard InChI is InChI=1S/C26H37NO6S.C25H35NO5S/c1-25(2,3)12-11-19-13-20(22(34-19)23(30)32-5)27-21(17-9-7-6-8-10-17)16-33-26(4,24(27)31)14-18(29)15-28;1-24(2,3)12-11-18-15-19(21(32-18)22(28)30-5)26-20(17-9-7-6-8-10-17)16-31-25(4,13-14-27)23(26)29/h13,17-18,21,28-29H,6-10,14-16H2,1-5H3;15,17,20,27H,6-10,13-14,16H2,1-5H3/t18?,21-,26+;20-,25+/m00/s1. The van der Waals surface area contributed by atoms with Gasteiger partial charge in [0.05, 0.1) is 73.4 Å². The number of thiophene rings is 2. The molecule has 4 heterocycles. The number of ether oxygens (including phenoxy) is 4. The molecule has 2 amide bonds. The third kappa shape index (κ3) is 13.0. The largest absolute Gasteiger partial charge is 0.465 e. The van der Waals surface area contributed by atoms with Crippen molar-refractivity contribution in [2.24, 2.45) is 22.7 Å². The molecule has 6 rings (SSSR count). The summed E-state index contributed by atoms with van der Waals surface area (Å²) >= 11 is 2.48. The molecule has 2 aromatic heterocycles. The second kappa shape index (κ2) is 22.5. The van der Waals surface area contributed by atoms with Gasteiger partial charge in [-0.2, -0.15) is 0 Å². The lowest BCUT2D eigenvalue weighted by atomic mass is 9.81. The van der Waals surface area contributed by atoms with E-state index < -0.39 is 35.9 Å². The monoisotopic (exact) mass is 952 g/mol. The minimum atomic E-state index is -1.32. The van der Waals surface area contributed by atoms with Gasteiger partial charge in [-0.25, -0.2) is 9.59 Å². The SMILES string of the molecule is COC(=O)c1sc(C#CC(C)(C)C)cc1N1C(=O)[C@@](C)(CC(O)CO)OC[C@H]1C1CCCCC1.COC(=O)c1sc(C#CC(C)(C)C)cc1N1C(=O)[C@@](C)(CCO)OC[C@H]1C1CCCCC1. The van der Waals surface area contributed by atoms with E-state index in [1.807, 2.05) is 47.6 Å². The van der Waals surface area contributed by atoms with Crippen LogP contribution in [0.3, 0.4) is 0 Å². The summed E-state index contributed by atoms with van der Waals surface area (Å²) in [5.74, 6) is 11.8. The van der Waals surface area contributed by atoms with Crippen LogP contribution >= 0.6 is 22.7 Å². The number of rotatable bonds is 11. The third-order valence-corrected chi connectivity index (χ3v) is 14.8. The normalized spacial score (nSPS) is 24.9. The van der Waals surface area contributed by atoms with Crippen LogP contribution in [0.1, 0.15) is 162 Å². The van der Waals surface area contributed by atoms with E-state index in [2.05, 4.69) is 23.7 Å². The van der Waals surface area contributed by atoms with E-state index in [0.29, 0.717) is 45.1 Å². The summed E-state index contributed by atoms with van der Waals surface area (Å²) in [4.78, 5) is 58.8. The van der Waals surface area contributed by atoms with Gasteiger partial charge in [0, 0.05) is 30.3 Å². The number of carbonyl (C=O) groups excluding carboxylic acids is 4. The van der Waals surface area contributed by atoms with E-state index in [4.69, 9.17) is 18.9 Å². The maximum atomic E-state index is 14.0. The molecule has 2 aliphatic carbocycles. The highest BCUT2D eigenvalue weighted by atomic mass is 32.1. The Hall–Kier alpha value is -3.80. The first-order valence-electron chi connectivity index (χ1n) is 23.4. The van der Waals surface area contributed by atoms with Crippen molar-refractivity contribution >= 4 is 57.8 Å². The zero-order chi connectivity index (χ0) is 48.6. The van der Waals surface area contributed by atoms with Crippen LogP contribution in [0.2, 0.25) is 0 Å². The van der Waals surface area contributed by atoms with Gasteiger partial charge in [-0.15, -0.1) is 22.7 Å². The smallest absolute Gasteiger partial charge is 0.350 e. The molecule has 364 valence electrons. The molecule has 2 aliphatic heterocycles. The van der Waals surface area contributed by atoms with Crippen LogP contribution in [0.4, 0.5) is 11.4 Å². The van der Waals surface area contributed by atoms with Crippen LogP contribution in [-0.2, 0) is 28.5 Å². The van der Waals surface area contributed by atoms with E-state index >= 15 is 0 Å². The third-order valence-electron chi connectivity index (χ3n) is 12.8. The number of anilines is 2. The fraction of sp³-hybridized carbons (Fsp3) is 0.686. The zero-order valence-corrected chi connectivity index (χ0v) is 42.3. The average molecular weight is 953 g/mol. The van der Waals surface area contributed by atoms with Crippen molar-refractivity contribution < 1.29 is 53.4 Å². The second-order valence-electron chi connectivity index (χ2n) is 20.5. The van der Waals surface area contributed by atoms with Crippen molar-refractivity contribution in [1.29, 1.82) is 0 Å². The maximum Gasteiger partial charge on any atom is 0.350 e. The summed E-state index contributed by atoms with van der Waals surface area (Å²) in [6.07, 6.45) is 9.96. The average Bonchev–Trinajstić information content (AvgIpc) is 3.91. The summed E-state index contributed by atoms with van der Waals surface area (Å²) in [7, 11) is 2.68. The number of hydrogen-bond acceptors (Lipinski definition) is 13. The molecule has 2 aromatic rings. The zero-order valence-electron chi connectivity index (χ0n) is 40.7. The Morgan fingerprint density at radius 1 is 0.727 bits per heavy atom. The van der Waals surface area contributed by atoms with Crippen LogP contribution in [0.15, 0.2) is 12.1 Å². The second-order valence-corrected chi connectivity index (χ2v) is 22.6. The molecule has 0 spiro atoms. The lowest BCUT2D eigenvalue weighted by Crippen LogP contribution is -2.63. The molecular formula is C51H72N2O11S2. The molecule has 4 aliphatic rings. The molecule has 1 unspecified atom stereocenters. The quantitative estimate of drug-likeness (QED) is 0.147. The molecular weight excluding hydrogens is 881 g/mol. The number of morpholine rings is 2. The van der Waals surface area contributed by atoms with Crippen molar-refractivity contribution in [3.05, 3.63) is 31.6 Å². The Kier molecular flexibility index (Phi) is 18.2. The van der Waals surface area contributed by atoms with E-state index in [1.54, 1.807) is 29.7 Å². The fourth-order valence-corrected chi connectivity index (χ4v) is 11.0. The van der Waals surface area contributed by atoms with Crippen molar-refractivity contribution in [2.45, 2.75) is 162 Å². The summed E-state index contributed by atoms with van der Waals surface area (Å²) < 4.78 is 22.3. The molecule has 2 saturated carbocycles. The predicted octanol–water partition coefficient (Wildman–Crippen LogP) is 8.13. The highest BCUT2D eigenvalue weighted by Gasteiger charge is 2.51. The topological polar surface area (TPSA) is 172 Å². The number of aliphatic hydroxyl groups excluding tert-OH is 3.